The van der Waals surface area contributed by atoms with E-state index < -0.39 is 0 Å². The number of piperazine rings is 1. The minimum atomic E-state index is -0.280. The minimum Gasteiger partial charge on any atom is -0.494 e. The third-order valence-corrected chi connectivity index (χ3v) is 4.71. The number of para-hydroxylation sites is 1. The van der Waals surface area contributed by atoms with Gasteiger partial charge < -0.3 is 14.5 Å². The Morgan fingerprint density at radius 1 is 1.04 bits per heavy atom. The quantitative estimate of drug-likeness (QED) is 0.741. The van der Waals surface area contributed by atoms with E-state index in [1.165, 1.54) is 23.4 Å². The first-order chi connectivity index (χ1) is 12.6. The Labute approximate surface area is 154 Å². The number of ether oxygens (including phenoxy) is 1. The van der Waals surface area contributed by atoms with Crippen LogP contribution in [0.15, 0.2) is 48.5 Å². The van der Waals surface area contributed by atoms with Crippen LogP contribution >= 0.6 is 0 Å². The first-order valence-electron chi connectivity index (χ1n) is 9.10. The van der Waals surface area contributed by atoms with E-state index in [2.05, 4.69) is 30.0 Å². The zero-order valence-corrected chi connectivity index (χ0v) is 15.2. The lowest BCUT2D eigenvalue weighted by atomic mass is 10.1. The van der Waals surface area contributed by atoms with Gasteiger partial charge in [-0.05, 0) is 49.2 Å². The van der Waals surface area contributed by atoms with Gasteiger partial charge in [0.1, 0.15) is 11.6 Å². The van der Waals surface area contributed by atoms with E-state index in [-0.39, 0.29) is 11.7 Å². The van der Waals surface area contributed by atoms with Gasteiger partial charge in [-0.2, -0.15) is 0 Å². The van der Waals surface area contributed by atoms with Crippen LogP contribution in [0.1, 0.15) is 18.4 Å². The normalized spacial score (nSPS) is 14.4. The van der Waals surface area contributed by atoms with Gasteiger partial charge in [0, 0.05) is 38.3 Å². The summed E-state index contributed by atoms with van der Waals surface area (Å²) in [4.78, 5) is 16.6. The lowest BCUT2D eigenvalue weighted by Gasteiger charge is -2.36. The largest absolute Gasteiger partial charge is 0.494 e. The van der Waals surface area contributed by atoms with Crippen molar-refractivity contribution in [3.63, 3.8) is 0 Å². The van der Waals surface area contributed by atoms with Crippen molar-refractivity contribution >= 4 is 11.6 Å². The number of halogens is 1. The van der Waals surface area contributed by atoms with Gasteiger partial charge in [0.2, 0.25) is 5.91 Å². The minimum absolute atomic E-state index is 0.178. The molecular weight excluding hydrogens is 331 g/mol. The molecule has 1 saturated heterocycles. The fraction of sp³-hybridized carbons (Fsp3) is 0.381. The molecule has 138 valence electrons. The number of carbonyl (C=O) groups excluding carboxylic acids is 1. The summed E-state index contributed by atoms with van der Waals surface area (Å²) in [5.74, 6) is 0.528. The smallest absolute Gasteiger partial charge is 0.222 e. The van der Waals surface area contributed by atoms with E-state index in [0.717, 1.165) is 26.2 Å². The lowest BCUT2D eigenvalue weighted by Crippen LogP contribution is -2.49. The number of aryl methyl sites for hydroxylation is 1. The Hall–Kier alpha value is -2.56. The fourth-order valence-electron chi connectivity index (χ4n) is 3.22. The van der Waals surface area contributed by atoms with E-state index in [9.17, 15) is 9.18 Å². The van der Waals surface area contributed by atoms with Crippen molar-refractivity contribution in [2.45, 2.75) is 19.8 Å². The highest BCUT2D eigenvalue weighted by Gasteiger charge is 2.21. The second-order valence-electron chi connectivity index (χ2n) is 6.56. The van der Waals surface area contributed by atoms with Gasteiger partial charge in [0.05, 0.1) is 6.61 Å². The second-order valence-corrected chi connectivity index (χ2v) is 6.56. The third kappa shape index (κ3) is 4.75. The average Bonchev–Trinajstić information content (AvgIpc) is 2.67. The van der Waals surface area contributed by atoms with Gasteiger partial charge in [-0.25, -0.2) is 4.39 Å². The summed E-state index contributed by atoms with van der Waals surface area (Å²) in [5.41, 5.74) is 2.53. The fourth-order valence-corrected chi connectivity index (χ4v) is 3.22. The van der Waals surface area contributed by atoms with Crippen LogP contribution in [0.3, 0.4) is 0 Å². The summed E-state index contributed by atoms with van der Waals surface area (Å²) >= 11 is 0. The van der Waals surface area contributed by atoms with Crippen LogP contribution in [0.25, 0.3) is 0 Å². The van der Waals surface area contributed by atoms with Crippen LogP contribution in [0, 0.1) is 12.7 Å². The number of rotatable bonds is 6. The summed E-state index contributed by atoms with van der Waals surface area (Å²) in [6.45, 7) is 5.82. The molecule has 0 unspecified atom stereocenters. The van der Waals surface area contributed by atoms with Gasteiger partial charge in [-0.1, -0.05) is 18.2 Å². The maximum atomic E-state index is 12.8. The molecule has 2 aromatic rings. The molecule has 0 atom stereocenters. The van der Waals surface area contributed by atoms with E-state index in [4.69, 9.17) is 4.74 Å². The molecular formula is C21H25FN2O2. The lowest BCUT2D eigenvalue weighted by molar-refractivity contribution is -0.131. The molecule has 1 aliphatic heterocycles. The van der Waals surface area contributed by atoms with Crippen molar-refractivity contribution in [2.24, 2.45) is 0 Å². The molecule has 1 fully saturated rings. The van der Waals surface area contributed by atoms with Gasteiger partial charge in [0.25, 0.3) is 0 Å². The van der Waals surface area contributed by atoms with Crippen molar-refractivity contribution in [3.05, 3.63) is 59.9 Å². The highest BCUT2D eigenvalue weighted by atomic mass is 19.1. The maximum absolute atomic E-state index is 12.8. The summed E-state index contributed by atoms with van der Waals surface area (Å²) < 4.78 is 18.4. The Morgan fingerprint density at radius 3 is 2.42 bits per heavy atom. The molecule has 1 aliphatic rings. The molecule has 0 N–H and O–H groups in total. The molecule has 0 bridgehead atoms. The molecule has 4 nitrogen and oxygen atoms in total. The zero-order valence-electron chi connectivity index (χ0n) is 15.2. The standard InChI is InChI=1S/C21H25FN2O2/c1-17-5-2-3-6-20(17)23-12-14-24(15-13-23)21(25)7-4-16-26-19-10-8-18(22)9-11-19/h2-3,5-6,8-11H,4,7,12-16H2,1H3. The van der Waals surface area contributed by atoms with Crippen LogP contribution in [-0.4, -0.2) is 43.6 Å². The number of benzene rings is 2. The van der Waals surface area contributed by atoms with Gasteiger partial charge in [0.15, 0.2) is 0 Å². The van der Waals surface area contributed by atoms with Crippen molar-refractivity contribution in [1.82, 2.24) is 4.90 Å². The highest BCUT2D eigenvalue weighted by Crippen LogP contribution is 2.21. The molecule has 5 heteroatoms. The molecule has 1 heterocycles. The molecule has 2 aromatic carbocycles. The van der Waals surface area contributed by atoms with E-state index in [0.29, 0.717) is 25.2 Å². The molecule has 0 aliphatic carbocycles. The van der Waals surface area contributed by atoms with Crippen LogP contribution in [0.5, 0.6) is 5.75 Å². The number of nitrogens with zero attached hydrogens (tertiary/aromatic N) is 2. The number of carbonyl (C=O) groups is 1. The number of anilines is 1. The molecule has 0 aromatic heterocycles. The van der Waals surface area contributed by atoms with Gasteiger partial charge in [-0.15, -0.1) is 0 Å². The summed E-state index contributed by atoms with van der Waals surface area (Å²) in [7, 11) is 0. The van der Waals surface area contributed by atoms with Crippen molar-refractivity contribution < 1.29 is 13.9 Å². The monoisotopic (exact) mass is 356 g/mol. The van der Waals surface area contributed by atoms with Crippen LogP contribution in [0.4, 0.5) is 10.1 Å². The molecule has 3 rings (SSSR count). The SMILES string of the molecule is Cc1ccccc1N1CCN(C(=O)CCCOc2ccc(F)cc2)CC1. The highest BCUT2D eigenvalue weighted by molar-refractivity contribution is 5.76. The molecule has 1 amide bonds. The van der Waals surface area contributed by atoms with E-state index in [1.807, 2.05) is 11.0 Å². The Morgan fingerprint density at radius 2 is 1.73 bits per heavy atom. The first-order valence-corrected chi connectivity index (χ1v) is 9.10. The predicted molar refractivity (Wildman–Crippen MR) is 101 cm³/mol. The summed E-state index contributed by atoms with van der Waals surface area (Å²) in [6, 6.07) is 14.3. The molecule has 0 saturated carbocycles. The second kappa shape index (κ2) is 8.70. The van der Waals surface area contributed by atoms with E-state index in [1.54, 1.807) is 12.1 Å². The molecule has 0 radical (unpaired) electrons. The summed E-state index contributed by atoms with van der Waals surface area (Å²) in [5, 5.41) is 0. The average molecular weight is 356 g/mol. The maximum Gasteiger partial charge on any atom is 0.222 e. The first kappa shape index (κ1) is 18.2. The molecule has 0 spiro atoms. The third-order valence-electron chi connectivity index (χ3n) is 4.71. The number of amides is 1. The molecule has 26 heavy (non-hydrogen) atoms. The van der Waals surface area contributed by atoms with E-state index >= 15 is 0 Å². The summed E-state index contributed by atoms with van der Waals surface area (Å²) in [6.07, 6.45) is 1.14. The van der Waals surface area contributed by atoms with Crippen molar-refractivity contribution in [1.29, 1.82) is 0 Å². The predicted octanol–water partition coefficient (Wildman–Crippen LogP) is 3.64. The van der Waals surface area contributed by atoms with Gasteiger partial charge in [-0.3, -0.25) is 4.79 Å². The van der Waals surface area contributed by atoms with Gasteiger partial charge >= 0.3 is 0 Å². The topological polar surface area (TPSA) is 32.8 Å². The Balaban J connectivity index is 1.38. The Bertz CT molecular complexity index is 725. The van der Waals surface area contributed by atoms with Crippen LogP contribution < -0.4 is 9.64 Å². The number of hydrogen-bond donors (Lipinski definition) is 0. The van der Waals surface area contributed by atoms with Crippen LogP contribution in [-0.2, 0) is 4.79 Å². The number of hydrogen-bond acceptors (Lipinski definition) is 3. The van der Waals surface area contributed by atoms with Crippen molar-refractivity contribution in [2.75, 3.05) is 37.7 Å². The Kier molecular flexibility index (Phi) is 6.10. The zero-order chi connectivity index (χ0) is 18.4. The van der Waals surface area contributed by atoms with Crippen molar-refractivity contribution in [3.8, 4) is 5.75 Å². The van der Waals surface area contributed by atoms with Crippen LogP contribution in [0.2, 0.25) is 0 Å².